The number of carbonyl (C=O) groups excluding carboxylic acids is 2. The minimum atomic E-state index is -0.635. The van der Waals surface area contributed by atoms with E-state index in [0.717, 1.165) is 11.3 Å². The molecule has 0 aliphatic carbocycles. The van der Waals surface area contributed by atoms with Gasteiger partial charge < -0.3 is 21.1 Å². The van der Waals surface area contributed by atoms with Crippen LogP contribution in [0.2, 0.25) is 0 Å². The Morgan fingerprint density at radius 3 is 2.19 bits per heavy atom. The highest BCUT2D eigenvalue weighted by atomic mass is 16.5. The van der Waals surface area contributed by atoms with Crippen molar-refractivity contribution in [1.29, 1.82) is 0 Å². The molecule has 0 saturated carbocycles. The molecule has 0 aliphatic rings. The Morgan fingerprint density at radius 2 is 1.59 bits per heavy atom. The largest absolute Gasteiger partial charge is 0.491 e. The van der Waals surface area contributed by atoms with E-state index in [2.05, 4.69) is 10.6 Å². The molecule has 0 heterocycles. The molecule has 27 heavy (non-hydrogen) atoms. The molecule has 2 aromatic carbocycles. The summed E-state index contributed by atoms with van der Waals surface area (Å²) in [5, 5.41) is 5.48. The first-order chi connectivity index (χ1) is 13.0. The van der Waals surface area contributed by atoms with Crippen molar-refractivity contribution in [2.24, 2.45) is 11.7 Å². The number of nitrogens with one attached hydrogen (secondary N) is 2. The van der Waals surface area contributed by atoms with Crippen molar-refractivity contribution in [2.75, 3.05) is 13.2 Å². The van der Waals surface area contributed by atoms with Gasteiger partial charge in [-0.05, 0) is 23.6 Å². The average molecular weight is 369 g/mol. The SMILES string of the molecule is CC(C)[C@H](N)C(=O)NCC(=O)NC(COc1ccccc1)c1ccccc1. The van der Waals surface area contributed by atoms with E-state index >= 15 is 0 Å². The molecule has 2 aromatic rings. The minimum Gasteiger partial charge on any atom is -0.491 e. The second-order valence-corrected chi connectivity index (χ2v) is 6.64. The zero-order valence-electron chi connectivity index (χ0n) is 15.7. The third kappa shape index (κ3) is 6.75. The predicted molar refractivity (Wildman–Crippen MR) is 105 cm³/mol. The molecule has 2 amide bonds. The van der Waals surface area contributed by atoms with Gasteiger partial charge in [-0.1, -0.05) is 62.4 Å². The van der Waals surface area contributed by atoms with Crippen LogP contribution in [0.1, 0.15) is 25.5 Å². The van der Waals surface area contributed by atoms with Crippen molar-refractivity contribution in [3.63, 3.8) is 0 Å². The van der Waals surface area contributed by atoms with E-state index in [-0.39, 0.29) is 36.9 Å². The standard InChI is InChI=1S/C21H27N3O3/c1-15(2)20(22)21(26)23-13-19(25)24-18(16-9-5-3-6-10-16)14-27-17-11-7-4-8-12-17/h3-12,15,18,20H,13-14,22H2,1-2H3,(H,23,26)(H,24,25)/t18?,20-/m0/s1. The lowest BCUT2D eigenvalue weighted by Gasteiger charge is -2.21. The van der Waals surface area contributed by atoms with Crippen molar-refractivity contribution in [3.8, 4) is 5.75 Å². The lowest BCUT2D eigenvalue weighted by Crippen LogP contribution is -2.47. The quantitative estimate of drug-likeness (QED) is 0.630. The Morgan fingerprint density at radius 1 is 1.00 bits per heavy atom. The zero-order chi connectivity index (χ0) is 19.6. The average Bonchev–Trinajstić information content (AvgIpc) is 2.70. The van der Waals surface area contributed by atoms with Gasteiger partial charge in [-0.3, -0.25) is 9.59 Å². The first-order valence-electron chi connectivity index (χ1n) is 9.03. The third-order valence-corrected chi connectivity index (χ3v) is 4.14. The van der Waals surface area contributed by atoms with Crippen LogP contribution in [0.15, 0.2) is 60.7 Å². The lowest BCUT2D eigenvalue weighted by atomic mass is 10.1. The van der Waals surface area contributed by atoms with Gasteiger partial charge in [0.25, 0.3) is 0 Å². The molecule has 0 fully saturated rings. The maximum Gasteiger partial charge on any atom is 0.239 e. The van der Waals surface area contributed by atoms with Crippen molar-refractivity contribution in [1.82, 2.24) is 10.6 Å². The van der Waals surface area contributed by atoms with Crippen molar-refractivity contribution in [2.45, 2.75) is 25.9 Å². The molecule has 2 atom stereocenters. The Hall–Kier alpha value is -2.86. The normalized spacial score (nSPS) is 12.9. The molecule has 4 N–H and O–H groups in total. The van der Waals surface area contributed by atoms with Gasteiger partial charge in [-0.25, -0.2) is 0 Å². The van der Waals surface area contributed by atoms with Gasteiger partial charge >= 0.3 is 0 Å². The summed E-state index contributed by atoms with van der Waals surface area (Å²) >= 11 is 0. The Balaban J connectivity index is 1.95. The number of benzene rings is 2. The number of para-hydroxylation sites is 1. The van der Waals surface area contributed by atoms with E-state index in [1.165, 1.54) is 0 Å². The van der Waals surface area contributed by atoms with E-state index in [9.17, 15) is 9.59 Å². The first-order valence-corrected chi connectivity index (χ1v) is 9.03. The van der Waals surface area contributed by atoms with E-state index in [4.69, 9.17) is 10.5 Å². The van der Waals surface area contributed by atoms with Crippen LogP contribution in [0.4, 0.5) is 0 Å². The summed E-state index contributed by atoms with van der Waals surface area (Å²) < 4.78 is 5.80. The van der Waals surface area contributed by atoms with E-state index in [0.29, 0.717) is 0 Å². The smallest absolute Gasteiger partial charge is 0.239 e. The second kappa shape index (κ2) is 10.3. The van der Waals surface area contributed by atoms with Gasteiger partial charge in [-0.2, -0.15) is 0 Å². The first kappa shape index (κ1) is 20.5. The topological polar surface area (TPSA) is 93.5 Å². The summed E-state index contributed by atoms with van der Waals surface area (Å²) in [6.07, 6.45) is 0. The molecule has 0 bridgehead atoms. The van der Waals surface area contributed by atoms with Gasteiger partial charge in [0.15, 0.2) is 0 Å². The fourth-order valence-corrected chi connectivity index (χ4v) is 2.44. The zero-order valence-corrected chi connectivity index (χ0v) is 15.7. The molecule has 0 saturated heterocycles. The van der Waals surface area contributed by atoms with Crippen LogP contribution in [-0.2, 0) is 9.59 Å². The summed E-state index contributed by atoms with van der Waals surface area (Å²) in [7, 11) is 0. The highest BCUT2D eigenvalue weighted by Crippen LogP contribution is 2.16. The lowest BCUT2D eigenvalue weighted by molar-refractivity contribution is -0.127. The maximum absolute atomic E-state index is 12.3. The summed E-state index contributed by atoms with van der Waals surface area (Å²) in [5.41, 5.74) is 6.71. The van der Waals surface area contributed by atoms with Crippen LogP contribution in [-0.4, -0.2) is 31.0 Å². The molecule has 1 unspecified atom stereocenters. The molecule has 0 aromatic heterocycles. The van der Waals surface area contributed by atoms with Gasteiger partial charge in [0.2, 0.25) is 11.8 Å². The Bertz CT molecular complexity index is 720. The maximum atomic E-state index is 12.3. The molecule has 6 heteroatoms. The van der Waals surface area contributed by atoms with Crippen molar-refractivity contribution >= 4 is 11.8 Å². The molecule has 0 aliphatic heterocycles. The summed E-state index contributed by atoms with van der Waals surface area (Å²) in [4.78, 5) is 24.2. The Kier molecular flexibility index (Phi) is 7.82. The number of hydrogen-bond donors (Lipinski definition) is 3. The molecule has 0 radical (unpaired) electrons. The van der Waals surface area contributed by atoms with Crippen LogP contribution in [0.3, 0.4) is 0 Å². The van der Waals surface area contributed by atoms with Gasteiger partial charge in [0, 0.05) is 0 Å². The molecule has 144 valence electrons. The highest BCUT2D eigenvalue weighted by Gasteiger charge is 2.19. The minimum absolute atomic E-state index is 0.00407. The number of ether oxygens (including phenoxy) is 1. The van der Waals surface area contributed by atoms with Crippen LogP contribution >= 0.6 is 0 Å². The fourth-order valence-electron chi connectivity index (χ4n) is 2.44. The van der Waals surface area contributed by atoms with Crippen LogP contribution in [0.5, 0.6) is 5.75 Å². The highest BCUT2D eigenvalue weighted by molar-refractivity contribution is 5.87. The van der Waals surface area contributed by atoms with Crippen LogP contribution < -0.4 is 21.1 Å². The predicted octanol–water partition coefficient (Wildman–Crippen LogP) is 2.02. The number of carbonyl (C=O) groups is 2. The molecule has 6 nitrogen and oxygen atoms in total. The van der Waals surface area contributed by atoms with E-state index in [1.807, 2.05) is 74.5 Å². The van der Waals surface area contributed by atoms with Crippen LogP contribution in [0, 0.1) is 5.92 Å². The van der Waals surface area contributed by atoms with Crippen molar-refractivity contribution in [3.05, 3.63) is 66.2 Å². The van der Waals surface area contributed by atoms with Gasteiger partial charge in [0.05, 0.1) is 18.6 Å². The Labute approximate surface area is 160 Å². The third-order valence-electron chi connectivity index (χ3n) is 4.14. The fraction of sp³-hybridized carbons (Fsp3) is 0.333. The molecule has 0 spiro atoms. The number of nitrogens with two attached hydrogens (primary N) is 1. The summed E-state index contributed by atoms with van der Waals surface area (Å²) in [6, 6.07) is 18.0. The summed E-state index contributed by atoms with van der Waals surface area (Å²) in [6.45, 7) is 3.86. The van der Waals surface area contributed by atoms with E-state index < -0.39 is 6.04 Å². The van der Waals surface area contributed by atoms with Crippen molar-refractivity contribution < 1.29 is 14.3 Å². The molecular formula is C21H27N3O3. The van der Waals surface area contributed by atoms with Crippen LogP contribution in [0.25, 0.3) is 0 Å². The number of amides is 2. The monoisotopic (exact) mass is 369 g/mol. The second-order valence-electron chi connectivity index (χ2n) is 6.64. The number of hydrogen-bond acceptors (Lipinski definition) is 4. The molecule has 2 rings (SSSR count). The molecular weight excluding hydrogens is 342 g/mol. The van der Waals surface area contributed by atoms with Gasteiger partial charge in [0.1, 0.15) is 12.4 Å². The summed E-state index contributed by atoms with van der Waals surface area (Å²) in [5.74, 6) is 0.0926. The van der Waals surface area contributed by atoms with Gasteiger partial charge in [-0.15, -0.1) is 0 Å². The van der Waals surface area contributed by atoms with E-state index in [1.54, 1.807) is 0 Å². The number of rotatable bonds is 9.